The van der Waals surface area contributed by atoms with Gasteiger partial charge in [-0.2, -0.15) is 13.1 Å². The van der Waals surface area contributed by atoms with E-state index in [0.29, 0.717) is 13.1 Å². The summed E-state index contributed by atoms with van der Waals surface area (Å²) in [6.45, 7) is 1.39. The van der Waals surface area contributed by atoms with E-state index in [4.69, 9.17) is 88.2 Å². The molecule has 0 aliphatic heterocycles. The second kappa shape index (κ2) is 14.9. The summed E-state index contributed by atoms with van der Waals surface area (Å²) in [7, 11) is 9.78. The first-order valence-corrected chi connectivity index (χ1v) is 15.4. The van der Waals surface area contributed by atoms with Crippen molar-refractivity contribution >= 4 is 88.2 Å². The minimum atomic E-state index is -0.556. The molecule has 154 valence electrons. The molecule has 2 nitrogen and oxygen atoms in total. The molecule has 0 spiro atoms. The summed E-state index contributed by atoms with van der Waals surface area (Å²) in [5.74, 6) is 0. The van der Waals surface area contributed by atoms with Gasteiger partial charge in [0.15, 0.2) is 0 Å². The fraction of sp³-hybridized carbons (Fsp3) is 1.00. The number of halogens is 8. The summed E-state index contributed by atoms with van der Waals surface area (Å²) >= 11 is 37.0. The Kier molecular flexibility index (Phi) is 15.4. The topological polar surface area (TPSA) is 28.2 Å². The molecule has 2 aliphatic carbocycles. The van der Waals surface area contributed by atoms with Gasteiger partial charge in [-0.15, -0.1) is 81.7 Å². The van der Waals surface area contributed by atoms with Crippen molar-refractivity contribution in [3.63, 3.8) is 0 Å². The van der Waals surface area contributed by atoms with Crippen molar-refractivity contribution in [1.29, 1.82) is 0 Å². The Bertz CT molecular complexity index is 328. The monoisotopic (exact) mass is 558 g/mol. The maximum absolute atomic E-state index is 6.33. The molecule has 0 amide bonds. The summed E-state index contributed by atoms with van der Waals surface area (Å²) in [6.07, 6.45) is 3.88. The normalized spacial score (nSPS) is 40.5. The van der Waals surface area contributed by atoms with Gasteiger partial charge in [-0.25, -0.2) is 0 Å². The maximum atomic E-state index is 6.33. The van der Waals surface area contributed by atoms with Gasteiger partial charge in [0.1, 0.15) is 0 Å². The third-order valence-electron chi connectivity index (χ3n) is 4.40. The van der Waals surface area contributed by atoms with E-state index in [1.807, 2.05) is 0 Å². The number of rotatable bonds is 6. The van der Waals surface area contributed by atoms with Crippen LogP contribution in [0.3, 0.4) is 0 Å². The first-order chi connectivity index (χ1) is 12.3. The van der Waals surface area contributed by atoms with Gasteiger partial charge in [0.25, 0.3) is 0 Å². The van der Waals surface area contributed by atoms with Crippen LogP contribution in [0.2, 0.25) is 0 Å². The molecule has 0 N–H and O–H groups in total. The van der Waals surface area contributed by atoms with Crippen LogP contribution in [0.1, 0.15) is 32.1 Å². The molecule has 0 saturated heterocycles. The van der Waals surface area contributed by atoms with Gasteiger partial charge in [-0.3, -0.25) is 0 Å². The molecule has 2 rings (SSSR count). The zero-order valence-electron chi connectivity index (χ0n) is 14.0. The van der Waals surface area contributed by atoms with Crippen LogP contribution in [0.15, 0.2) is 0 Å². The van der Waals surface area contributed by atoms with Gasteiger partial charge in [-0.1, -0.05) is 6.42 Å². The van der Waals surface area contributed by atoms with Gasteiger partial charge in [0.05, 0.1) is 0 Å². The van der Waals surface area contributed by atoms with E-state index in [-0.39, 0.29) is 44.3 Å². The fourth-order valence-electron chi connectivity index (χ4n) is 3.19. The predicted octanol–water partition coefficient (Wildman–Crippen LogP) is 7.47. The average Bonchev–Trinajstić information content (AvgIpc) is 2.51. The molecule has 0 aromatic rings. The molecule has 4 unspecified atom stereocenters. The van der Waals surface area contributed by atoms with Gasteiger partial charge in [0.2, 0.25) is 0 Å². The predicted molar refractivity (Wildman–Crippen MR) is 117 cm³/mol. The molecule has 0 heterocycles. The van der Waals surface area contributed by atoms with Crippen molar-refractivity contribution in [2.24, 2.45) is 0 Å². The van der Waals surface area contributed by atoms with Crippen LogP contribution >= 0.6 is 88.2 Å². The van der Waals surface area contributed by atoms with Gasteiger partial charge in [-0.05, 0) is 25.7 Å². The summed E-state index contributed by atoms with van der Waals surface area (Å²) in [5.41, 5.74) is 0. The molecule has 2 fully saturated rings. The van der Waals surface area contributed by atoms with Gasteiger partial charge in [0, 0.05) is 32.3 Å². The van der Waals surface area contributed by atoms with Crippen molar-refractivity contribution in [2.45, 2.75) is 76.5 Å². The third-order valence-corrected chi connectivity index (χ3v) is 6.86. The van der Waals surface area contributed by atoms with E-state index >= 15 is 0 Å². The molecule has 4 atom stereocenters. The Morgan fingerprint density at radius 3 is 1.15 bits per heavy atom. The molecule has 0 bridgehead atoms. The van der Waals surface area contributed by atoms with E-state index in [2.05, 4.69) is 10.6 Å². The molecule has 0 aromatic carbocycles. The molecule has 2 aliphatic rings. The summed E-state index contributed by atoms with van der Waals surface area (Å²) in [6, 6.07) is -0.0526. The number of hydrogen-bond acceptors (Lipinski definition) is 0. The molecule has 2 saturated carbocycles. The van der Waals surface area contributed by atoms with Gasteiger partial charge < -0.3 is 10.6 Å². The van der Waals surface area contributed by atoms with Crippen LogP contribution in [0, 0.1) is 0 Å². The van der Waals surface area contributed by atoms with Crippen LogP contribution < -0.4 is 0 Å². The average molecular weight is 562 g/mol. The second-order valence-electron chi connectivity index (χ2n) is 6.42. The first-order valence-electron chi connectivity index (χ1n) is 8.44. The van der Waals surface area contributed by atoms with Crippen molar-refractivity contribution in [3.05, 3.63) is 10.6 Å². The Labute approximate surface area is 203 Å². The van der Waals surface area contributed by atoms with Crippen molar-refractivity contribution < 1.29 is 17.0 Å². The molecule has 0 radical (unpaired) electrons. The number of nitrogens with zero attached hydrogens (tertiary/aromatic N) is 2. The van der Waals surface area contributed by atoms with E-state index in [9.17, 15) is 0 Å². The first kappa shape index (κ1) is 27.0. The quantitative estimate of drug-likeness (QED) is 0.183. The molecule has 0 aromatic heterocycles. The summed E-state index contributed by atoms with van der Waals surface area (Å²) in [5, 5.41) is 9.08. The van der Waals surface area contributed by atoms with Crippen LogP contribution in [0.5, 0.6) is 0 Å². The van der Waals surface area contributed by atoms with E-state index in [1.165, 1.54) is 0 Å². The van der Waals surface area contributed by atoms with E-state index < -0.39 is 17.0 Å². The number of alkyl halides is 6. The van der Waals surface area contributed by atoms with Gasteiger partial charge >= 0.3 is 35.6 Å². The Morgan fingerprint density at radius 2 is 0.885 bits per heavy atom. The second-order valence-corrected chi connectivity index (χ2v) is 12.5. The Hall–Kier alpha value is 2.95. The zero-order valence-corrected chi connectivity index (χ0v) is 21.6. The van der Waals surface area contributed by atoms with Crippen molar-refractivity contribution in [2.75, 3.05) is 13.1 Å². The number of hydrogen-bond donors (Lipinski definition) is 0. The summed E-state index contributed by atoms with van der Waals surface area (Å²) < 4.78 is 0. The zero-order chi connectivity index (χ0) is 19.7. The van der Waals surface area contributed by atoms with Crippen LogP contribution in [0.4, 0.5) is 0 Å². The third kappa shape index (κ3) is 9.84. The fourth-order valence-corrected chi connectivity index (χ4v) is 6.35. The SMILES string of the molecule is ClC1CC(Cl)C([N-]CCC[N-]C2C(Cl)CC(Cl)CC2Cl)C(Cl)C1.[Cl][Ti][Cl]. The Balaban J connectivity index is 0.00000105. The molecular formula is C15H22Cl8N2Ti-2. The standard InChI is InChI=1S/C15H22Cl6N2.2ClH.Ti/c16-8-4-10(18)14(11(19)5-8)22-2-1-3-23-15-12(20)6-9(17)7-13(15)21;;;/h8-15H,1-7H2;2*1H;/q-2;;;+2/p-2. The van der Waals surface area contributed by atoms with E-state index in [1.54, 1.807) is 0 Å². The molecule has 11 heteroatoms. The van der Waals surface area contributed by atoms with E-state index in [0.717, 1.165) is 32.1 Å². The minimum absolute atomic E-state index is 0.0263. The van der Waals surface area contributed by atoms with Crippen LogP contribution in [-0.4, -0.2) is 57.4 Å². The van der Waals surface area contributed by atoms with Crippen molar-refractivity contribution in [3.8, 4) is 0 Å². The Morgan fingerprint density at radius 1 is 0.615 bits per heavy atom. The molecule has 26 heavy (non-hydrogen) atoms. The van der Waals surface area contributed by atoms with Crippen LogP contribution in [-0.2, 0) is 17.0 Å². The molecular weight excluding hydrogens is 540 g/mol. The van der Waals surface area contributed by atoms with Crippen molar-refractivity contribution in [1.82, 2.24) is 0 Å². The van der Waals surface area contributed by atoms with Crippen LogP contribution in [0.25, 0.3) is 10.6 Å². The summed E-state index contributed by atoms with van der Waals surface area (Å²) in [4.78, 5) is 0.